The van der Waals surface area contributed by atoms with Crippen LogP contribution in [0.1, 0.15) is 24.1 Å². The van der Waals surface area contributed by atoms with Crippen LogP contribution in [0.4, 0.5) is 0 Å². The number of rotatable bonds is 5. The number of hydrogen-bond acceptors (Lipinski definition) is 3. The molecule has 0 aliphatic carbocycles. The highest BCUT2D eigenvalue weighted by Gasteiger charge is 2.12. The van der Waals surface area contributed by atoms with E-state index in [0.717, 1.165) is 5.56 Å². The van der Waals surface area contributed by atoms with Crippen molar-refractivity contribution in [2.24, 2.45) is 5.73 Å². The largest absolute Gasteiger partial charge is 0.382 e. The summed E-state index contributed by atoms with van der Waals surface area (Å²) in [6.45, 7) is 4.17. The summed E-state index contributed by atoms with van der Waals surface area (Å²) < 4.78 is 0. The zero-order chi connectivity index (χ0) is 12.1. The van der Waals surface area contributed by atoms with Gasteiger partial charge in [-0.05, 0) is 19.4 Å². The minimum absolute atomic E-state index is 0.0783. The van der Waals surface area contributed by atoms with E-state index in [2.05, 4.69) is 5.32 Å². The van der Waals surface area contributed by atoms with Crippen molar-refractivity contribution < 1.29 is 9.90 Å². The van der Waals surface area contributed by atoms with Crippen molar-refractivity contribution >= 4 is 5.91 Å². The molecule has 16 heavy (non-hydrogen) atoms. The molecule has 0 radical (unpaired) electrons. The second kappa shape index (κ2) is 5.63. The van der Waals surface area contributed by atoms with E-state index < -0.39 is 12.0 Å². The summed E-state index contributed by atoms with van der Waals surface area (Å²) in [5.74, 6) is -0.705. The predicted molar refractivity (Wildman–Crippen MR) is 62.8 cm³/mol. The minimum atomic E-state index is -1.13. The second-order valence-corrected chi connectivity index (χ2v) is 3.96. The molecule has 0 fully saturated rings. The third-order valence-corrected chi connectivity index (χ3v) is 2.52. The Morgan fingerprint density at radius 1 is 1.44 bits per heavy atom. The van der Waals surface area contributed by atoms with Gasteiger partial charge < -0.3 is 16.2 Å². The molecule has 0 heterocycles. The van der Waals surface area contributed by atoms with Crippen LogP contribution in [-0.4, -0.2) is 23.7 Å². The molecule has 2 unspecified atom stereocenters. The number of hydrogen-bond donors (Lipinski definition) is 3. The summed E-state index contributed by atoms with van der Waals surface area (Å²) >= 11 is 0. The number of nitrogens with one attached hydrogen (secondary N) is 1. The Morgan fingerprint density at radius 3 is 2.50 bits per heavy atom. The fourth-order valence-corrected chi connectivity index (χ4v) is 1.36. The average molecular weight is 222 g/mol. The molecule has 4 heteroatoms. The van der Waals surface area contributed by atoms with Crippen LogP contribution in [0.15, 0.2) is 24.3 Å². The van der Waals surface area contributed by atoms with Crippen molar-refractivity contribution in [1.29, 1.82) is 0 Å². The van der Waals surface area contributed by atoms with Gasteiger partial charge in [0, 0.05) is 12.6 Å². The van der Waals surface area contributed by atoms with Crippen molar-refractivity contribution in [2.45, 2.75) is 26.0 Å². The van der Waals surface area contributed by atoms with E-state index in [9.17, 15) is 9.90 Å². The van der Waals surface area contributed by atoms with Crippen LogP contribution in [0.3, 0.4) is 0 Å². The minimum Gasteiger partial charge on any atom is -0.382 e. The highest BCUT2D eigenvalue weighted by Crippen LogP contribution is 2.12. The molecule has 0 bridgehead atoms. The smallest absolute Gasteiger partial charge is 0.247 e. The van der Waals surface area contributed by atoms with Gasteiger partial charge in [0.05, 0.1) is 0 Å². The van der Waals surface area contributed by atoms with Gasteiger partial charge >= 0.3 is 0 Å². The first-order valence-corrected chi connectivity index (χ1v) is 5.28. The van der Waals surface area contributed by atoms with Gasteiger partial charge in [0.15, 0.2) is 0 Å². The highest BCUT2D eigenvalue weighted by atomic mass is 16.3. The van der Waals surface area contributed by atoms with Crippen LogP contribution in [0, 0.1) is 6.92 Å². The molecular weight excluding hydrogens is 204 g/mol. The topological polar surface area (TPSA) is 75.3 Å². The maximum atomic E-state index is 10.6. The van der Waals surface area contributed by atoms with Crippen molar-refractivity contribution in [3.63, 3.8) is 0 Å². The van der Waals surface area contributed by atoms with Crippen LogP contribution in [0.5, 0.6) is 0 Å². The third kappa shape index (κ3) is 3.64. The Kier molecular flexibility index (Phi) is 4.46. The Morgan fingerprint density at radius 2 is 2.00 bits per heavy atom. The number of primary amides is 1. The summed E-state index contributed by atoms with van der Waals surface area (Å²) in [5, 5.41) is 12.3. The van der Waals surface area contributed by atoms with E-state index in [4.69, 9.17) is 5.73 Å². The number of nitrogens with two attached hydrogens (primary N) is 1. The second-order valence-electron chi connectivity index (χ2n) is 3.96. The third-order valence-electron chi connectivity index (χ3n) is 2.52. The molecule has 2 atom stereocenters. The van der Waals surface area contributed by atoms with E-state index in [1.165, 1.54) is 5.56 Å². The number of carbonyl (C=O) groups excluding carboxylic acids is 1. The van der Waals surface area contributed by atoms with E-state index >= 15 is 0 Å². The Hall–Kier alpha value is -1.39. The molecule has 0 spiro atoms. The Bertz CT molecular complexity index is 349. The van der Waals surface area contributed by atoms with Crippen LogP contribution in [-0.2, 0) is 4.79 Å². The average Bonchev–Trinajstić information content (AvgIpc) is 2.26. The first-order chi connectivity index (χ1) is 7.50. The summed E-state index contributed by atoms with van der Waals surface area (Å²) in [5.41, 5.74) is 7.27. The summed E-state index contributed by atoms with van der Waals surface area (Å²) in [7, 11) is 0. The molecular formula is C12H18N2O2. The SMILES string of the molecule is Cc1ccc(C(C)NCC(O)C(N)=O)cc1. The maximum Gasteiger partial charge on any atom is 0.247 e. The molecule has 0 saturated carbocycles. The van der Waals surface area contributed by atoms with Crippen LogP contribution >= 0.6 is 0 Å². The molecule has 1 rings (SSSR count). The molecule has 4 N–H and O–H groups in total. The lowest BCUT2D eigenvalue weighted by Gasteiger charge is -2.16. The standard InChI is InChI=1S/C12H18N2O2/c1-8-3-5-10(6-4-8)9(2)14-7-11(15)12(13)16/h3-6,9,11,14-15H,7H2,1-2H3,(H2,13,16). The van der Waals surface area contributed by atoms with E-state index in [-0.39, 0.29) is 12.6 Å². The van der Waals surface area contributed by atoms with Gasteiger partial charge in [-0.2, -0.15) is 0 Å². The summed E-state index contributed by atoms with van der Waals surface area (Å²) in [4.78, 5) is 10.6. The zero-order valence-electron chi connectivity index (χ0n) is 9.60. The molecule has 88 valence electrons. The van der Waals surface area contributed by atoms with Gasteiger partial charge in [0.1, 0.15) is 6.10 Å². The Balaban J connectivity index is 2.49. The molecule has 0 saturated heterocycles. The van der Waals surface area contributed by atoms with Crippen LogP contribution in [0.2, 0.25) is 0 Å². The number of carbonyl (C=O) groups is 1. The fraction of sp³-hybridized carbons (Fsp3) is 0.417. The molecule has 1 aromatic rings. The van der Waals surface area contributed by atoms with Gasteiger partial charge in [-0.3, -0.25) is 4.79 Å². The molecule has 4 nitrogen and oxygen atoms in total. The molecule has 0 aliphatic heterocycles. The number of aliphatic hydroxyl groups is 1. The lowest BCUT2D eigenvalue weighted by molar-refractivity contribution is -0.125. The molecule has 0 aromatic heterocycles. The van der Waals surface area contributed by atoms with Gasteiger partial charge in [0.2, 0.25) is 5.91 Å². The number of aryl methyl sites for hydroxylation is 1. The number of benzene rings is 1. The fourth-order valence-electron chi connectivity index (χ4n) is 1.36. The lowest BCUT2D eigenvalue weighted by atomic mass is 10.1. The van der Waals surface area contributed by atoms with Crippen LogP contribution < -0.4 is 11.1 Å². The zero-order valence-corrected chi connectivity index (χ0v) is 9.60. The van der Waals surface area contributed by atoms with E-state index in [1.54, 1.807) is 0 Å². The van der Waals surface area contributed by atoms with Crippen molar-refractivity contribution in [3.8, 4) is 0 Å². The number of amides is 1. The van der Waals surface area contributed by atoms with Crippen molar-refractivity contribution in [2.75, 3.05) is 6.54 Å². The van der Waals surface area contributed by atoms with Crippen molar-refractivity contribution in [1.82, 2.24) is 5.32 Å². The molecule has 0 aliphatic rings. The van der Waals surface area contributed by atoms with Gasteiger partial charge in [-0.1, -0.05) is 29.8 Å². The van der Waals surface area contributed by atoms with Crippen LogP contribution in [0.25, 0.3) is 0 Å². The molecule has 1 aromatic carbocycles. The number of aliphatic hydroxyl groups excluding tert-OH is 1. The van der Waals surface area contributed by atoms with E-state index in [0.29, 0.717) is 0 Å². The normalized spacial score (nSPS) is 14.4. The quantitative estimate of drug-likeness (QED) is 0.678. The highest BCUT2D eigenvalue weighted by molar-refractivity contribution is 5.78. The van der Waals surface area contributed by atoms with Crippen molar-refractivity contribution in [3.05, 3.63) is 35.4 Å². The van der Waals surface area contributed by atoms with Gasteiger partial charge in [0.25, 0.3) is 0 Å². The van der Waals surface area contributed by atoms with E-state index in [1.807, 2.05) is 38.1 Å². The predicted octanol–water partition coefficient (Wildman–Crippen LogP) is 0.492. The molecule has 1 amide bonds. The first kappa shape index (κ1) is 12.7. The van der Waals surface area contributed by atoms with Gasteiger partial charge in [-0.15, -0.1) is 0 Å². The lowest BCUT2D eigenvalue weighted by Crippen LogP contribution is -2.38. The van der Waals surface area contributed by atoms with Gasteiger partial charge in [-0.25, -0.2) is 0 Å². The maximum absolute atomic E-state index is 10.6. The Labute approximate surface area is 95.5 Å². The first-order valence-electron chi connectivity index (χ1n) is 5.28. The monoisotopic (exact) mass is 222 g/mol. The summed E-state index contributed by atoms with van der Waals surface area (Å²) in [6, 6.07) is 8.16. The summed E-state index contributed by atoms with van der Waals surface area (Å²) in [6.07, 6.45) is -1.13.